The molecule has 0 unspecified atom stereocenters. The Hall–Kier alpha value is -4.03. The summed E-state index contributed by atoms with van der Waals surface area (Å²) in [6.45, 7) is 0. The van der Waals surface area contributed by atoms with Crippen LogP contribution in [0.2, 0.25) is 0 Å². The second-order valence-electron chi connectivity index (χ2n) is 7.10. The molecule has 31 heavy (non-hydrogen) atoms. The molecule has 0 fully saturated rings. The summed E-state index contributed by atoms with van der Waals surface area (Å²) >= 11 is 1.50. The first-order valence-corrected chi connectivity index (χ1v) is 10.7. The number of aromatic nitrogens is 4. The van der Waals surface area contributed by atoms with Gasteiger partial charge >= 0.3 is 0 Å². The molecule has 0 atom stereocenters. The maximum Gasteiger partial charge on any atom is 0.235 e. The summed E-state index contributed by atoms with van der Waals surface area (Å²) in [6, 6.07) is 30.5. The Morgan fingerprint density at radius 3 is 2.19 bits per heavy atom. The van der Waals surface area contributed by atoms with E-state index < -0.39 is 0 Å². The minimum Gasteiger partial charge on any atom is -0.453 e. The van der Waals surface area contributed by atoms with Crippen LogP contribution in [0.25, 0.3) is 39.2 Å². The highest BCUT2D eigenvalue weighted by atomic mass is 32.1. The van der Waals surface area contributed by atoms with Crippen molar-refractivity contribution in [3.8, 4) is 11.6 Å². The van der Waals surface area contributed by atoms with Gasteiger partial charge < -0.3 is 4.42 Å². The van der Waals surface area contributed by atoms with Gasteiger partial charge in [-0.25, -0.2) is 0 Å². The predicted molar refractivity (Wildman–Crippen MR) is 124 cm³/mol. The lowest BCUT2D eigenvalue weighted by atomic mass is 9.98. The molecule has 0 aliphatic rings. The van der Waals surface area contributed by atoms with Crippen molar-refractivity contribution in [1.82, 2.24) is 19.8 Å². The van der Waals surface area contributed by atoms with Gasteiger partial charge in [0.15, 0.2) is 5.76 Å². The summed E-state index contributed by atoms with van der Waals surface area (Å²) in [5, 5.41) is 15.3. The fraction of sp³-hybridized carbons (Fsp3) is 0. The van der Waals surface area contributed by atoms with Crippen LogP contribution in [0.5, 0.6) is 0 Å². The molecule has 3 aromatic heterocycles. The van der Waals surface area contributed by atoms with Crippen LogP contribution in [0, 0.1) is 0 Å². The molecule has 0 saturated heterocycles. The van der Waals surface area contributed by atoms with Gasteiger partial charge in [-0.2, -0.15) is 9.61 Å². The number of fused-ring (bicyclic) bond motifs is 2. The molecule has 6 heteroatoms. The molecule has 3 aromatic carbocycles. The van der Waals surface area contributed by atoms with Crippen molar-refractivity contribution in [2.75, 3.05) is 0 Å². The quantitative estimate of drug-likeness (QED) is 0.341. The van der Waals surface area contributed by atoms with Crippen LogP contribution in [0.3, 0.4) is 0 Å². The Morgan fingerprint density at radius 1 is 0.806 bits per heavy atom. The van der Waals surface area contributed by atoms with E-state index in [4.69, 9.17) is 9.52 Å². The van der Waals surface area contributed by atoms with Gasteiger partial charge in [-0.05, 0) is 34.9 Å². The number of furan rings is 1. The highest BCUT2D eigenvalue weighted by molar-refractivity contribution is 7.17. The van der Waals surface area contributed by atoms with Gasteiger partial charge in [0.05, 0.1) is 0 Å². The lowest BCUT2D eigenvalue weighted by Crippen LogP contribution is -1.91. The van der Waals surface area contributed by atoms with Crippen molar-refractivity contribution in [3.63, 3.8) is 0 Å². The van der Waals surface area contributed by atoms with Crippen molar-refractivity contribution in [1.29, 1.82) is 0 Å². The first-order chi connectivity index (χ1) is 15.3. The van der Waals surface area contributed by atoms with Crippen LogP contribution in [-0.2, 0) is 0 Å². The summed E-state index contributed by atoms with van der Waals surface area (Å²) in [5.41, 5.74) is 4.20. The normalized spacial score (nSPS) is 11.2. The Kier molecular flexibility index (Phi) is 4.21. The van der Waals surface area contributed by atoms with E-state index in [2.05, 4.69) is 40.5 Å². The van der Waals surface area contributed by atoms with Crippen LogP contribution in [0.1, 0.15) is 16.1 Å². The molecule has 6 aromatic rings. The third-order valence-electron chi connectivity index (χ3n) is 5.09. The minimum atomic E-state index is 0.600. The summed E-state index contributed by atoms with van der Waals surface area (Å²) < 4.78 is 7.73. The Labute approximate surface area is 181 Å². The summed E-state index contributed by atoms with van der Waals surface area (Å²) in [7, 11) is 0. The van der Waals surface area contributed by atoms with Gasteiger partial charge in [0.1, 0.15) is 10.6 Å². The van der Waals surface area contributed by atoms with Crippen molar-refractivity contribution in [2.45, 2.75) is 0 Å². The molecule has 0 N–H and O–H groups in total. The Bertz CT molecular complexity index is 1450. The predicted octanol–water partition coefficient (Wildman–Crippen LogP) is 6.19. The molecule has 0 aliphatic carbocycles. The first kappa shape index (κ1) is 17.8. The van der Waals surface area contributed by atoms with E-state index >= 15 is 0 Å². The number of para-hydroxylation sites is 1. The van der Waals surface area contributed by atoms with E-state index in [1.54, 1.807) is 4.52 Å². The zero-order valence-corrected chi connectivity index (χ0v) is 17.2. The standard InChI is InChI=1S/C25H16N4OS/c1-3-9-17(10-4-1)20(18-11-5-2-6-12-18)16-23-28-29-24(26-27-25(29)31-23)22-15-19-13-7-8-14-21(19)30-22/h1-16H. The number of benzene rings is 3. The fourth-order valence-electron chi connectivity index (χ4n) is 3.63. The van der Waals surface area contributed by atoms with Crippen LogP contribution >= 0.6 is 11.3 Å². The van der Waals surface area contributed by atoms with Crippen LogP contribution < -0.4 is 0 Å². The van der Waals surface area contributed by atoms with Crippen molar-refractivity contribution in [3.05, 3.63) is 107 Å². The zero-order chi connectivity index (χ0) is 20.6. The molecule has 0 amide bonds. The van der Waals surface area contributed by atoms with Gasteiger partial charge in [0, 0.05) is 5.39 Å². The Balaban J connectivity index is 1.47. The molecule has 3 heterocycles. The third kappa shape index (κ3) is 3.23. The number of hydrogen-bond donors (Lipinski definition) is 0. The summed E-state index contributed by atoms with van der Waals surface area (Å²) in [4.78, 5) is 0.724. The topological polar surface area (TPSA) is 56.2 Å². The molecule has 0 bridgehead atoms. The molecule has 0 saturated carbocycles. The van der Waals surface area contributed by atoms with Gasteiger partial charge in [-0.1, -0.05) is 90.2 Å². The van der Waals surface area contributed by atoms with E-state index in [1.807, 2.05) is 66.7 Å². The van der Waals surface area contributed by atoms with Crippen LogP contribution in [0.4, 0.5) is 0 Å². The van der Waals surface area contributed by atoms with Gasteiger partial charge in [-0.3, -0.25) is 0 Å². The fourth-order valence-corrected chi connectivity index (χ4v) is 4.41. The average Bonchev–Trinajstić information content (AvgIpc) is 3.52. The minimum absolute atomic E-state index is 0.600. The molecule has 6 rings (SSSR count). The van der Waals surface area contributed by atoms with Gasteiger partial charge in [0.2, 0.25) is 10.8 Å². The summed E-state index contributed by atoms with van der Waals surface area (Å²) in [5.74, 6) is 1.25. The lowest BCUT2D eigenvalue weighted by Gasteiger charge is -2.07. The molecular weight excluding hydrogens is 404 g/mol. The second-order valence-corrected chi connectivity index (χ2v) is 8.08. The molecule has 0 spiro atoms. The van der Waals surface area contributed by atoms with Crippen molar-refractivity contribution >= 4 is 38.9 Å². The van der Waals surface area contributed by atoms with Crippen molar-refractivity contribution < 1.29 is 4.42 Å². The van der Waals surface area contributed by atoms with E-state index in [0.29, 0.717) is 11.6 Å². The highest BCUT2D eigenvalue weighted by Crippen LogP contribution is 2.30. The molecule has 0 aliphatic heterocycles. The van der Waals surface area contributed by atoms with Gasteiger partial charge in [0.25, 0.3) is 0 Å². The van der Waals surface area contributed by atoms with E-state index in [9.17, 15) is 0 Å². The number of nitrogens with zero attached hydrogens (tertiary/aromatic N) is 4. The average molecular weight is 420 g/mol. The lowest BCUT2D eigenvalue weighted by molar-refractivity contribution is 0.622. The SMILES string of the molecule is C(=C(c1ccccc1)c1ccccc1)c1nn2c(-c3cc4ccccc4o3)nnc2s1. The number of hydrogen-bond acceptors (Lipinski definition) is 5. The van der Waals surface area contributed by atoms with E-state index in [0.717, 1.165) is 37.6 Å². The molecule has 148 valence electrons. The smallest absolute Gasteiger partial charge is 0.235 e. The number of rotatable bonds is 4. The first-order valence-electron chi connectivity index (χ1n) is 9.89. The van der Waals surface area contributed by atoms with Gasteiger partial charge in [-0.15, -0.1) is 10.2 Å². The van der Waals surface area contributed by atoms with Crippen LogP contribution in [-0.4, -0.2) is 19.8 Å². The van der Waals surface area contributed by atoms with Crippen molar-refractivity contribution in [2.24, 2.45) is 0 Å². The molecular formula is C25H16N4OS. The molecule has 0 radical (unpaired) electrons. The maximum absolute atomic E-state index is 5.98. The second kappa shape index (κ2) is 7.34. The third-order valence-corrected chi connectivity index (χ3v) is 5.94. The maximum atomic E-state index is 5.98. The largest absolute Gasteiger partial charge is 0.453 e. The summed E-state index contributed by atoms with van der Waals surface area (Å²) in [6.07, 6.45) is 2.10. The molecule has 5 nitrogen and oxygen atoms in total. The monoisotopic (exact) mass is 420 g/mol. The Morgan fingerprint density at radius 2 is 1.48 bits per heavy atom. The van der Waals surface area contributed by atoms with E-state index in [-0.39, 0.29) is 0 Å². The zero-order valence-electron chi connectivity index (χ0n) is 16.3. The van der Waals surface area contributed by atoms with E-state index in [1.165, 1.54) is 11.3 Å². The van der Waals surface area contributed by atoms with Crippen LogP contribution in [0.15, 0.2) is 95.4 Å². The highest BCUT2D eigenvalue weighted by Gasteiger charge is 2.17.